The second kappa shape index (κ2) is 45.4. The van der Waals surface area contributed by atoms with E-state index in [1.807, 2.05) is 54.7 Å². The van der Waals surface area contributed by atoms with Crippen molar-refractivity contribution >= 4 is 11.9 Å². The fourth-order valence-corrected chi connectivity index (χ4v) is 7.05. The summed E-state index contributed by atoms with van der Waals surface area (Å²) in [5, 5.41) is 23.7. The summed E-state index contributed by atoms with van der Waals surface area (Å²) in [7, 11) is 0. The third kappa shape index (κ3) is 40.1. The third-order valence-corrected chi connectivity index (χ3v) is 10.7. The monoisotopic (exact) mass is 810 g/mol. The van der Waals surface area contributed by atoms with Crippen molar-refractivity contribution < 1.29 is 24.5 Å². The maximum atomic E-state index is 13.1. The molecule has 334 valence electrons. The van der Waals surface area contributed by atoms with Gasteiger partial charge in [0.05, 0.1) is 25.2 Å². The van der Waals surface area contributed by atoms with Crippen LogP contribution < -0.4 is 5.32 Å². The fraction of sp³-hybridized carbons (Fsp3) is 0.731. The lowest BCUT2D eigenvalue weighted by Gasteiger charge is -2.24. The predicted octanol–water partition coefficient (Wildman–Crippen LogP) is 14.2. The number of aliphatic hydroxyl groups is 2. The van der Waals surface area contributed by atoms with Crippen LogP contribution in [0.4, 0.5) is 0 Å². The van der Waals surface area contributed by atoms with E-state index in [-0.39, 0.29) is 24.9 Å². The van der Waals surface area contributed by atoms with Crippen molar-refractivity contribution in [2.75, 3.05) is 6.61 Å². The van der Waals surface area contributed by atoms with E-state index >= 15 is 0 Å². The van der Waals surface area contributed by atoms with E-state index in [2.05, 4.69) is 44.3 Å². The van der Waals surface area contributed by atoms with Crippen LogP contribution in [0.2, 0.25) is 0 Å². The molecule has 0 spiro atoms. The minimum atomic E-state index is -0.795. The summed E-state index contributed by atoms with van der Waals surface area (Å²) >= 11 is 0. The molecule has 0 aliphatic carbocycles. The van der Waals surface area contributed by atoms with Crippen LogP contribution in [0.15, 0.2) is 72.9 Å². The summed E-state index contributed by atoms with van der Waals surface area (Å²) in [6.07, 6.45) is 56.8. The van der Waals surface area contributed by atoms with Gasteiger partial charge in [-0.25, -0.2) is 0 Å². The minimum Gasteiger partial charge on any atom is -0.462 e. The van der Waals surface area contributed by atoms with E-state index in [0.717, 1.165) is 70.6 Å². The molecule has 0 aliphatic rings. The Morgan fingerprint density at radius 3 is 1.40 bits per heavy atom. The van der Waals surface area contributed by atoms with E-state index in [1.54, 1.807) is 0 Å². The van der Waals surface area contributed by atoms with Gasteiger partial charge in [0.15, 0.2) is 0 Å². The van der Waals surface area contributed by atoms with Gasteiger partial charge < -0.3 is 20.3 Å². The average molecular weight is 810 g/mol. The van der Waals surface area contributed by atoms with E-state index < -0.39 is 18.2 Å². The molecule has 3 unspecified atom stereocenters. The molecular weight excluding hydrogens is 719 g/mol. The molecule has 0 aromatic heterocycles. The lowest BCUT2D eigenvalue weighted by molar-refractivity contribution is -0.151. The zero-order valence-corrected chi connectivity index (χ0v) is 37.9. The summed E-state index contributed by atoms with van der Waals surface area (Å²) in [6.45, 7) is 6.29. The van der Waals surface area contributed by atoms with Gasteiger partial charge in [-0.2, -0.15) is 0 Å². The normalized spacial score (nSPS) is 13.9. The molecule has 1 amide bonds. The van der Waals surface area contributed by atoms with Gasteiger partial charge in [-0.1, -0.05) is 235 Å². The Balaban J connectivity index is 4.48. The molecule has 58 heavy (non-hydrogen) atoms. The number of esters is 1. The van der Waals surface area contributed by atoms with Gasteiger partial charge >= 0.3 is 5.97 Å². The number of allylic oxidation sites excluding steroid dienone is 12. The Bertz CT molecular complexity index is 1090. The highest BCUT2D eigenvalue weighted by Crippen LogP contribution is 2.17. The summed E-state index contributed by atoms with van der Waals surface area (Å²) in [6, 6.07) is -0.710. The van der Waals surface area contributed by atoms with Gasteiger partial charge in [-0.3, -0.25) is 9.59 Å². The molecule has 0 aliphatic heterocycles. The van der Waals surface area contributed by atoms with Crippen LogP contribution in [0, 0.1) is 0 Å². The number of amides is 1. The lowest BCUT2D eigenvalue weighted by Crippen LogP contribution is -2.46. The third-order valence-electron chi connectivity index (χ3n) is 10.7. The van der Waals surface area contributed by atoms with E-state index in [4.69, 9.17) is 4.74 Å². The molecule has 3 atom stereocenters. The summed E-state index contributed by atoms with van der Waals surface area (Å²) in [4.78, 5) is 25.9. The fourth-order valence-electron chi connectivity index (χ4n) is 7.05. The molecule has 0 saturated carbocycles. The number of ether oxygens (including phenoxy) is 1. The number of rotatable bonds is 42. The molecule has 0 fully saturated rings. The van der Waals surface area contributed by atoms with Gasteiger partial charge in [-0.15, -0.1) is 0 Å². The van der Waals surface area contributed by atoms with Gasteiger partial charge in [0.1, 0.15) is 6.10 Å². The molecule has 0 heterocycles. The topological polar surface area (TPSA) is 95.9 Å². The van der Waals surface area contributed by atoms with Crippen molar-refractivity contribution in [1.82, 2.24) is 5.32 Å². The first-order valence-corrected chi connectivity index (χ1v) is 24.2. The number of unbranched alkanes of at least 4 members (excludes halogenated alkanes) is 23. The van der Waals surface area contributed by atoms with E-state index in [9.17, 15) is 19.8 Å². The zero-order valence-electron chi connectivity index (χ0n) is 37.9. The van der Waals surface area contributed by atoms with Crippen LogP contribution in [-0.2, 0) is 14.3 Å². The lowest BCUT2D eigenvalue weighted by atomic mass is 10.0. The Labute approximate surface area is 358 Å². The zero-order chi connectivity index (χ0) is 42.4. The summed E-state index contributed by atoms with van der Waals surface area (Å²) < 4.78 is 5.87. The van der Waals surface area contributed by atoms with Gasteiger partial charge in [0.2, 0.25) is 5.91 Å². The highest BCUT2D eigenvalue weighted by Gasteiger charge is 2.24. The van der Waals surface area contributed by atoms with Crippen LogP contribution >= 0.6 is 0 Å². The molecule has 3 N–H and O–H groups in total. The van der Waals surface area contributed by atoms with Crippen molar-refractivity contribution in [2.45, 2.75) is 238 Å². The Kier molecular flexibility index (Phi) is 43.3. The smallest absolute Gasteiger partial charge is 0.306 e. The maximum absolute atomic E-state index is 13.1. The second-order valence-corrected chi connectivity index (χ2v) is 16.3. The van der Waals surface area contributed by atoms with Crippen molar-refractivity contribution in [2.24, 2.45) is 0 Å². The van der Waals surface area contributed by atoms with Crippen LogP contribution in [0.25, 0.3) is 0 Å². The first-order valence-electron chi connectivity index (χ1n) is 24.2. The molecule has 6 heteroatoms. The Morgan fingerprint density at radius 1 is 0.517 bits per heavy atom. The quantitative estimate of drug-likeness (QED) is 0.0324. The molecule has 0 rings (SSSR count). The molecule has 0 aromatic rings. The van der Waals surface area contributed by atoms with Crippen molar-refractivity contribution in [3.8, 4) is 0 Å². The second-order valence-electron chi connectivity index (χ2n) is 16.3. The SMILES string of the molecule is CC\C=C/C=C/C=C/C=C\C=C\C=C\CCCCCC(=O)OC(CCCCCCCCC)CC(=O)NC(CO)C(O)CCCCCCCCCCCCCCCCC. The van der Waals surface area contributed by atoms with Crippen molar-refractivity contribution in [3.63, 3.8) is 0 Å². The van der Waals surface area contributed by atoms with Crippen LogP contribution in [0.1, 0.15) is 220 Å². The van der Waals surface area contributed by atoms with Crippen molar-refractivity contribution in [3.05, 3.63) is 72.9 Å². The first-order chi connectivity index (χ1) is 28.5. The Hall–Kier alpha value is -2.70. The van der Waals surface area contributed by atoms with E-state index in [1.165, 1.54) is 103 Å². The molecule has 0 aromatic carbocycles. The molecular formula is C52H91NO5. The average Bonchev–Trinajstić information content (AvgIpc) is 3.21. The number of carbonyl (C=O) groups is 2. The number of hydrogen-bond acceptors (Lipinski definition) is 5. The molecule has 0 bridgehead atoms. The molecule has 0 radical (unpaired) electrons. The first kappa shape index (κ1) is 55.3. The number of nitrogens with one attached hydrogen (secondary N) is 1. The van der Waals surface area contributed by atoms with Gasteiger partial charge in [0.25, 0.3) is 0 Å². The standard InChI is InChI=1S/C52H91NO5/c1-4-7-10-13-16-18-20-22-24-25-27-29-31-33-36-39-42-45-52(57)58-48(43-40-37-34-15-12-9-6-3)46-51(56)53-49(47-54)50(55)44-41-38-35-32-30-28-26-23-21-19-17-14-11-8-5-2/h7,10,13,16,18,20,22,24-25,27,29,31,48-50,54-55H,4-6,8-9,11-12,14-15,17,19,21,23,26,28,30,32-47H2,1-3H3,(H,53,56)/b10-7-,16-13+,20-18+,24-22-,27-25+,31-29+. The highest BCUT2D eigenvalue weighted by molar-refractivity contribution is 5.77. The minimum absolute atomic E-state index is 0.0568. The van der Waals surface area contributed by atoms with Crippen LogP contribution in [0.5, 0.6) is 0 Å². The Morgan fingerprint density at radius 2 is 0.931 bits per heavy atom. The van der Waals surface area contributed by atoms with Crippen LogP contribution in [-0.4, -0.2) is 46.9 Å². The van der Waals surface area contributed by atoms with E-state index in [0.29, 0.717) is 19.3 Å². The predicted molar refractivity (Wildman–Crippen MR) is 250 cm³/mol. The molecule has 0 saturated heterocycles. The van der Waals surface area contributed by atoms with Gasteiger partial charge in [0, 0.05) is 6.42 Å². The number of aliphatic hydroxyl groups excluding tert-OH is 2. The summed E-state index contributed by atoms with van der Waals surface area (Å²) in [5.74, 6) is -0.532. The number of hydrogen-bond donors (Lipinski definition) is 3. The number of carbonyl (C=O) groups excluding carboxylic acids is 2. The molecule has 6 nitrogen and oxygen atoms in total. The largest absolute Gasteiger partial charge is 0.462 e. The highest BCUT2D eigenvalue weighted by atomic mass is 16.5. The van der Waals surface area contributed by atoms with Crippen molar-refractivity contribution in [1.29, 1.82) is 0 Å². The maximum Gasteiger partial charge on any atom is 0.306 e. The summed E-state index contributed by atoms with van der Waals surface area (Å²) in [5.41, 5.74) is 0. The van der Waals surface area contributed by atoms with Gasteiger partial charge in [-0.05, 0) is 44.9 Å². The van der Waals surface area contributed by atoms with Crippen LogP contribution in [0.3, 0.4) is 0 Å².